The predicted molar refractivity (Wildman–Crippen MR) is 118 cm³/mol. The first-order valence-electron chi connectivity index (χ1n) is 10.1. The van der Waals surface area contributed by atoms with Gasteiger partial charge in [0.15, 0.2) is 11.6 Å². The molecule has 0 radical (unpaired) electrons. The molecule has 1 saturated heterocycles. The number of piperazine rings is 1. The fourth-order valence-electron chi connectivity index (χ4n) is 3.68. The molecule has 6 nitrogen and oxygen atoms in total. The first-order valence-corrected chi connectivity index (χ1v) is 10.9. The molecule has 0 bridgehead atoms. The first-order chi connectivity index (χ1) is 14.6. The molecular weight excluding hydrogens is 449 g/mol. The van der Waals surface area contributed by atoms with Crippen molar-refractivity contribution < 1.29 is 9.18 Å². The molecule has 8 heteroatoms. The molecule has 1 aliphatic carbocycles. The summed E-state index contributed by atoms with van der Waals surface area (Å²) in [5, 5.41) is 3.50. The van der Waals surface area contributed by atoms with E-state index in [2.05, 4.69) is 26.1 Å². The number of para-hydroxylation sites is 2. The molecule has 2 heterocycles. The minimum atomic E-state index is -0.506. The predicted octanol–water partition coefficient (Wildman–Crippen LogP) is 4.07. The molecule has 30 heavy (non-hydrogen) atoms. The topological polar surface area (TPSA) is 61.4 Å². The number of nitrogens with one attached hydrogen (secondary N) is 1. The van der Waals surface area contributed by atoms with Gasteiger partial charge in [0.05, 0.1) is 16.6 Å². The van der Waals surface area contributed by atoms with Crippen molar-refractivity contribution in [2.24, 2.45) is 0 Å². The number of hydrogen-bond donors (Lipinski definition) is 1. The number of rotatable bonds is 4. The highest BCUT2D eigenvalue weighted by atomic mass is 79.9. The van der Waals surface area contributed by atoms with Crippen molar-refractivity contribution in [1.82, 2.24) is 14.9 Å². The third-order valence-electron chi connectivity index (χ3n) is 5.50. The number of carbonyl (C=O) groups is 1. The Morgan fingerprint density at radius 3 is 2.40 bits per heavy atom. The minimum Gasteiger partial charge on any atom is -0.364 e. The Morgan fingerprint density at radius 1 is 1.03 bits per heavy atom. The summed E-state index contributed by atoms with van der Waals surface area (Å²) in [4.78, 5) is 26.3. The average Bonchev–Trinajstić information content (AvgIpc) is 3.57. The van der Waals surface area contributed by atoms with Crippen LogP contribution in [0, 0.1) is 5.82 Å². The Balaban J connectivity index is 1.36. The van der Waals surface area contributed by atoms with Gasteiger partial charge in [-0.1, -0.05) is 28.1 Å². The van der Waals surface area contributed by atoms with Crippen molar-refractivity contribution in [3.63, 3.8) is 0 Å². The zero-order valence-corrected chi connectivity index (χ0v) is 17.9. The van der Waals surface area contributed by atoms with Crippen LogP contribution in [-0.4, -0.2) is 53.0 Å². The largest absolute Gasteiger partial charge is 0.364 e. The number of aromatic nitrogens is 2. The van der Waals surface area contributed by atoms with Crippen LogP contribution in [0.3, 0.4) is 0 Å². The lowest BCUT2D eigenvalue weighted by Crippen LogP contribution is -2.49. The highest BCUT2D eigenvalue weighted by Gasteiger charge is 2.28. The van der Waals surface area contributed by atoms with Gasteiger partial charge in [0.1, 0.15) is 5.82 Å². The molecule has 1 aromatic heterocycles. The number of nitrogens with zero attached hydrogens (tertiary/aromatic N) is 4. The van der Waals surface area contributed by atoms with Gasteiger partial charge >= 0.3 is 0 Å². The van der Waals surface area contributed by atoms with E-state index in [0.717, 1.165) is 35.5 Å². The summed E-state index contributed by atoms with van der Waals surface area (Å²) >= 11 is 3.23. The van der Waals surface area contributed by atoms with Crippen LogP contribution in [0.25, 0.3) is 11.0 Å². The van der Waals surface area contributed by atoms with E-state index in [9.17, 15) is 9.18 Å². The highest BCUT2D eigenvalue weighted by molar-refractivity contribution is 9.10. The van der Waals surface area contributed by atoms with Crippen molar-refractivity contribution in [1.29, 1.82) is 0 Å². The van der Waals surface area contributed by atoms with Crippen LogP contribution < -0.4 is 10.2 Å². The van der Waals surface area contributed by atoms with Crippen molar-refractivity contribution in [3.05, 3.63) is 58.3 Å². The maximum atomic E-state index is 14.2. The molecule has 5 rings (SSSR count). The van der Waals surface area contributed by atoms with Crippen LogP contribution in [0.1, 0.15) is 23.2 Å². The van der Waals surface area contributed by atoms with Crippen LogP contribution in [-0.2, 0) is 0 Å². The highest BCUT2D eigenvalue weighted by Crippen LogP contribution is 2.31. The Kier molecular flexibility index (Phi) is 5.02. The Hall–Kier alpha value is -2.74. The molecule has 2 fully saturated rings. The second kappa shape index (κ2) is 7.83. The third kappa shape index (κ3) is 3.84. The van der Waals surface area contributed by atoms with Crippen LogP contribution in [0.15, 0.2) is 46.9 Å². The summed E-state index contributed by atoms with van der Waals surface area (Å²) in [6, 6.07) is 12.8. The van der Waals surface area contributed by atoms with E-state index in [1.165, 1.54) is 12.1 Å². The van der Waals surface area contributed by atoms with E-state index in [-0.39, 0.29) is 11.5 Å². The number of fused-ring (bicyclic) bond motifs is 1. The lowest BCUT2D eigenvalue weighted by molar-refractivity contribution is 0.0742. The molecule has 154 valence electrons. The van der Waals surface area contributed by atoms with Crippen molar-refractivity contribution in [2.45, 2.75) is 18.9 Å². The van der Waals surface area contributed by atoms with E-state index in [0.29, 0.717) is 36.7 Å². The lowest BCUT2D eigenvalue weighted by Gasteiger charge is -2.36. The molecule has 1 N–H and O–H groups in total. The molecule has 1 aliphatic heterocycles. The van der Waals surface area contributed by atoms with Gasteiger partial charge in [0.2, 0.25) is 0 Å². The van der Waals surface area contributed by atoms with Gasteiger partial charge in [0.25, 0.3) is 5.91 Å². The van der Waals surface area contributed by atoms with Gasteiger partial charge in [-0.2, -0.15) is 0 Å². The molecule has 2 aliphatic rings. The summed E-state index contributed by atoms with van der Waals surface area (Å²) in [7, 11) is 0. The maximum absolute atomic E-state index is 14.2. The summed E-state index contributed by atoms with van der Waals surface area (Å²) < 4.78 is 14.8. The van der Waals surface area contributed by atoms with Crippen molar-refractivity contribution in [2.75, 3.05) is 36.4 Å². The number of amides is 1. The quantitative estimate of drug-likeness (QED) is 0.623. The van der Waals surface area contributed by atoms with E-state index in [1.807, 2.05) is 24.3 Å². The fraction of sp³-hybridized carbons (Fsp3) is 0.318. The zero-order valence-electron chi connectivity index (χ0n) is 16.3. The third-order valence-corrected chi connectivity index (χ3v) is 5.99. The van der Waals surface area contributed by atoms with E-state index in [1.54, 1.807) is 11.0 Å². The lowest BCUT2D eigenvalue weighted by atomic mass is 10.1. The van der Waals surface area contributed by atoms with E-state index < -0.39 is 5.82 Å². The van der Waals surface area contributed by atoms with Crippen LogP contribution in [0.5, 0.6) is 0 Å². The Morgan fingerprint density at radius 2 is 1.73 bits per heavy atom. The normalized spacial score (nSPS) is 16.7. The smallest absolute Gasteiger partial charge is 0.256 e. The van der Waals surface area contributed by atoms with Gasteiger partial charge in [0, 0.05) is 36.7 Å². The number of carbonyl (C=O) groups excluding carboxylic acids is 1. The summed E-state index contributed by atoms with van der Waals surface area (Å²) in [5.41, 5.74) is 1.82. The number of hydrogen-bond acceptors (Lipinski definition) is 5. The van der Waals surface area contributed by atoms with Crippen molar-refractivity contribution in [3.8, 4) is 0 Å². The van der Waals surface area contributed by atoms with E-state index in [4.69, 9.17) is 9.97 Å². The molecule has 2 aromatic carbocycles. The molecule has 3 aromatic rings. The number of benzene rings is 2. The Bertz CT molecular complexity index is 1110. The molecule has 0 atom stereocenters. The maximum Gasteiger partial charge on any atom is 0.256 e. The van der Waals surface area contributed by atoms with Gasteiger partial charge in [-0.15, -0.1) is 0 Å². The SMILES string of the molecule is O=C(c1ccc(Br)cc1F)N1CCN(c2nc3ccccc3nc2NC2CC2)CC1. The molecule has 0 unspecified atom stereocenters. The molecule has 1 saturated carbocycles. The second-order valence-corrected chi connectivity index (χ2v) is 8.62. The summed E-state index contributed by atoms with van der Waals surface area (Å²) in [6.45, 7) is 2.25. The number of anilines is 2. The van der Waals surface area contributed by atoms with Crippen molar-refractivity contribution >= 4 is 44.5 Å². The average molecular weight is 470 g/mol. The zero-order chi connectivity index (χ0) is 20.7. The monoisotopic (exact) mass is 469 g/mol. The van der Waals surface area contributed by atoms with Crippen LogP contribution in [0.4, 0.5) is 16.0 Å². The summed E-state index contributed by atoms with van der Waals surface area (Å²) in [6.07, 6.45) is 2.30. The van der Waals surface area contributed by atoms with Gasteiger partial charge < -0.3 is 15.1 Å². The molecule has 1 amide bonds. The van der Waals surface area contributed by atoms with E-state index >= 15 is 0 Å². The molecule has 0 spiro atoms. The number of halogens is 2. The van der Waals surface area contributed by atoms with Gasteiger partial charge in [-0.05, 0) is 43.2 Å². The standard InChI is InChI=1S/C22H21BrFN5O/c23-14-5-8-16(17(24)13-14)22(30)29-11-9-28(10-12-29)21-20(25-15-6-7-15)26-18-3-1-2-4-19(18)27-21/h1-5,8,13,15H,6-7,9-12H2,(H,25,26). The Labute approximate surface area is 182 Å². The van der Waals surface area contributed by atoms with Gasteiger partial charge in [-0.3, -0.25) is 4.79 Å². The molecular formula is C22H21BrFN5O. The van der Waals surface area contributed by atoms with Crippen LogP contribution in [0.2, 0.25) is 0 Å². The fourth-order valence-corrected chi connectivity index (χ4v) is 4.02. The minimum absolute atomic E-state index is 0.105. The first kappa shape index (κ1) is 19.2. The second-order valence-electron chi connectivity index (χ2n) is 7.71. The summed E-state index contributed by atoms with van der Waals surface area (Å²) in [5.74, 6) is 0.839. The van der Waals surface area contributed by atoms with Crippen LogP contribution >= 0.6 is 15.9 Å². The van der Waals surface area contributed by atoms with Gasteiger partial charge in [-0.25, -0.2) is 14.4 Å².